The molecule has 0 radical (unpaired) electrons. The van der Waals surface area contributed by atoms with Crippen molar-refractivity contribution < 1.29 is 13.2 Å². The number of sulfonamides is 1. The van der Waals surface area contributed by atoms with Gasteiger partial charge < -0.3 is 4.90 Å². The van der Waals surface area contributed by atoms with E-state index in [1.54, 1.807) is 41.3 Å². The van der Waals surface area contributed by atoms with Crippen molar-refractivity contribution in [3.63, 3.8) is 0 Å². The van der Waals surface area contributed by atoms with E-state index in [1.807, 2.05) is 24.3 Å². The first-order valence-corrected chi connectivity index (χ1v) is 11.7. The number of carbonyl (C=O) groups is 1. The average Bonchev–Trinajstić information content (AvgIpc) is 3.11. The summed E-state index contributed by atoms with van der Waals surface area (Å²) in [5, 5.41) is 10.9. The van der Waals surface area contributed by atoms with E-state index in [0.29, 0.717) is 25.1 Å². The van der Waals surface area contributed by atoms with Crippen LogP contribution in [0.5, 0.6) is 0 Å². The zero-order chi connectivity index (χ0) is 22.0. The molecule has 0 aromatic heterocycles. The van der Waals surface area contributed by atoms with Gasteiger partial charge >= 0.3 is 0 Å². The lowest BCUT2D eigenvalue weighted by atomic mass is 10.1. The molecule has 3 aromatic carbocycles. The fourth-order valence-corrected chi connectivity index (χ4v) is 5.14. The van der Waals surface area contributed by atoms with Crippen molar-refractivity contribution in [1.29, 1.82) is 5.26 Å². The van der Waals surface area contributed by atoms with E-state index >= 15 is 0 Å². The molecule has 0 bridgehead atoms. The van der Waals surface area contributed by atoms with E-state index in [-0.39, 0.29) is 10.8 Å². The summed E-state index contributed by atoms with van der Waals surface area (Å²) >= 11 is 0. The Kier molecular flexibility index (Phi) is 5.77. The first-order chi connectivity index (χ1) is 14.9. The molecule has 0 saturated carbocycles. The molecule has 0 unspecified atom stereocenters. The highest BCUT2D eigenvalue weighted by Crippen LogP contribution is 2.23. The van der Waals surface area contributed by atoms with Crippen LogP contribution in [0.4, 0.5) is 0 Å². The number of nitrogens with zero attached hydrogens (tertiary/aromatic N) is 2. The summed E-state index contributed by atoms with van der Waals surface area (Å²) in [5.74, 6) is -0.250. The largest absolute Gasteiger partial charge is 0.337 e. The topological polar surface area (TPSA) is 90.3 Å². The zero-order valence-electron chi connectivity index (χ0n) is 17.2. The second-order valence-corrected chi connectivity index (χ2v) is 9.45. The molecule has 3 aromatic rings. The molecule has 0 spiro atoms. The highest BCUT2D eigenvalue weighted by atomic mass is 32.2. The van der Waals surface area contributed by atoms with Gasteiger partial charge in [-0.1, -0.05) is 43.3 Å². The van der Waals surface area contributed by atoms with Crippen LogP contribution in [0.2, 0.25) is 0 Å². The fourth-order valence-electron chi connectivity index (χ4n) is 3.88. The second-order valence-electron chi connectivity index (χ2n) is 7.73. The minimum absolute atomic E-state index is 0.154. The molecule has 1 fully saturated rings. The summed E-state index contributed by atoms with van der Waals surface area (Å²) < 4.78 is 28.5. The number of nitrogens with one attached hydrogen (secondary N) is 1. The van der Waals surface area contributed by atoms with Gasteiger partial charge in [-0.25, -0.2) is 8.42 Å². The lowest BCUT2D eigenvalue weighted by molar-refractivity contribution is -0.129. The maximum Gasteiger partial charge on any atom is 0.241 e. The summed E-state index contributed by atoms with van der Waals surface area (Å²) in [4.78, 5) is 14.6. The number of amides is 1. The number of fused-ring (bicyclic) bond motifs is 1. The Morgan fingerprint density at radius 1 is 1.06 bits per heavy atom. The van der Waals surface area contributed by atoms with Crippen molar-refractivity contribution in [3.05, 3.63) is 77.4 Å². The molecule has 1 aliphatic heterocycles. The summed E-state index contributed by atoms with van der Waals surface area (Å²) in [6.45, 7) is 2.86. The Hall–Kier alpha value is -3.21. The van der Waals surface area contributed by atoms with E-state index in [2.05, 4.69) is 17.7 Å². The van der Waals surface area contributed by atoms with Crippen molar-refractivity contribution in [1.82, 2.24) is 9.62 Å². The highest BCUT2D eigenvalue weighted by molar-refractivity contribution is 7.89. The molecule has 4 rings (SSSR count). The predicted molar refractivity (Wildman–Crippen MR) is 119 cm³/mol. The van der Waals surface area contributed by atoms with Crippen LogP contribution in [-0.2, 0) is 27.8 Å². The van der Waals surface area contributed by atoms with Crippen LogP contribution in [0.15, 0.2) is 65.6 Å². The molecule has 1 saturated heterocycles. The quantitative estimate of drug-likeness (QED) is 0.645. The zero-order valence-corrected chi connectivity index (χ0v) is 18.0. The van der Waals surface area contributed by atoms with Gasteiger partial charge in [0.15, 0.2) is 0 Å². The van der Waals surface area contributed by atoms with Crippen molar-refractivity contribution >= 4 is 26.7 Å². The molecule has 1 atom stereocenters. The number of likely N-dealkylation sites (tertiary alicyclic amines) is 1. The fraction of sp³-hybridized carbons (Fsp3) is 0.250. The van der Waals surface area contributed by atoms with Crippen LogP contribution in [0, 0.1) is 11.3 Å². The van der Waals surface area contributed by atoms with Crippen molar-refractivity contribution in [3.8, 4) is 6.07 Å². The minimum Gasteiger partial charge on any atom is -0.337 e. The van der Waals surface area contributed by atoms with Crippen molar-refractivity contribution in [2.45, 2.75) is 37.2 Å². The van der Waals surface area contributed by atoms with Gasteiger partial charge in [0.1, 0.15) is 6.04 Å². The van der Waals surface area contributed by atoms with E-state index in [9.17, 15) is 13.2 Å². The lowest BCUT2D eigenvalue weighted by Gasteiger charge is -2.17. The van der Waals surface area contributed by atoms with Gasteiger partial charge in [0, 0.05) is 13.1 Å². The first-order valence-electron chi connectivity index (χ1n) is 10.2. The average molecular weight is 434 g/mol. The van der Waals surface area contributed by atoms with E-state index < -0.39 is 16.1 Å². The van der Waals surface area contributed by atoms with Gasteiger partial charge in [0.2, 0.25) is 15.9 Å². The number of hydrogen-bond donors (Lipinski definition) is 1. The Morgan fingerprint density at radius 2 is 1.87 bits per heavy atom. The molecule has 1 amide bonds. The van der Waals surface area contributed by atoms with Gasteiger partial charge in [-0.2, -0.15) is 9.98 Å². The number of carbonyl (C=O) groups excluding carboxylic acids is 1. The third-order valence-corrected chi connectivity index (χ3v) is 7.09. The highest BCUT2D eigenvalue weighted by Gasteiger charge is 2.35. The molecule has 0 aliphatic carbocycles. The third kappa shape index (κ3) is 4.46. The molecule has 31 heavy (non-hydrogen) atoms. The van der Waals surface area contributed by atoms with E-state index in [4.69, 9.17) is 5.26 Å². The summed E-state index contributed by atoms with van der Waals surface area (Å²) in [6.07, 6.45) is 1.28. The monoisotopic (exact) mass is 433 g/mol. The smallest absolute Gasteiger partial charge is 0.241 e. The Balaban J connectivity index is 1.50. The Labute approximate surface area is 182 Å². The number of nitriles is 1. The first kappa shape index (κ1) is 21.0. The van der Waals surface area contributed by atoms with E-state index in [1.165, 1.54) is 0 Å². The Morgan fingerprint density at radius 3 is 2.65 bits per heavy atom. The molecule has 158 valence electrons. The van der Waals surface area contributed by atoms with Gasteiger partial charge in [-0.05, 0) is 59.0 Å². The number of rotatable bonds is 6. The van der Waals surface area contributed by atoms with Crippen LogP contribution in [0.25, 0.3) is 10.8 Å². The van der Waals surface area contributed by atoms with Gasteiger partial charge in [0.25, 0.3) is 0 Å². The standard InChI is InChI=1S/C24H23N3O3S/c1-2-17-6-7-20-8-9-22(14-21(20)13-17)31(29,30)26-23-10-11-27(24(23)28)16-19-5-3-4-18(12-19)15-25/h3-9,12-14,23,26H,2,10-11,16H2,1H3/t23-/m0/s1. The molecule has 1 N–H and O–H groups in total. The maximum atomic E-state index is 13.0. The number of benzene rings is 3. The second kappa shape index (κ2) is 8.50. The predicted octanol–water partition coefficient (Wildman–Crippen LogP) is 3.35. The van der Waals surface area contributed by atoms with Gasteiger partial charge in [-0.15, -0.1) is 0 Å². The minimum atomic E-state index is -3.84. The van der Waals surface area contributed by atoms with Gasteiger partial charge in [0.05, 0.1) is 16.5 Å². The summed E-state index contributed by atoms with van der Waals surface area (Å²) in [6, 6.07) is 19.4. The van der Waals surface area contributed by atoms with E-state index in [0.717, 1.165) is 28.3 Å². The van der Waals surface area contributed by atoms with Crippen molar-refractivity contribution in [2.75, 3.05) is 6.54 Å². The van der Waals surface area contributed by atoms with Crippen LogP contribution in [-0.4, -0.2) is 31.8 Å². The SMILES string of the molecule is CCc1ccc2ccc(S(=O)(=O)N[C@H]3CCN(Cc4cccc(C#N)c4)C3=O)cc2c1. The molecule has 6 nitrogen and oxygen atoms in total. The lowest BCUT2D eigenvalue weighted by Crippen LogP contribution is -2.41. The van der Waals surface area contributed by atoms with Crippen LogP contribution >= 0.6 is 0 Å². The normalized spacial score (nSPS) is 16.6. The molecule has 1 aliphatic rings. The maximum absolute atomic E-state index is 13.0. The number of hydrogen-bond acceptors (Lipinski definition) is 4. The molecular weight excluding hydrogens is 410 g/mol. The molecule has 1 heterocycles. The Bertz CT molecular complexity index is 1290. The molecule has 7 heteroatoms. The van der Waals surface area contributed by atoms with Crippen LogP contribution < -0.4 is 4.72 Å². The van der Waals surface area contributed by atoms with Crippen LogP contribution in [0.1, 0.15) is 30.0 Å². The molecular formula is C24H23N3O3S. The summed E-state index contributed by atoms with van der Waals surface area (Å²) in [7, 11) is -3.84. The summed E-state index contributed by atoms with van der Waals surface area (Å²) in [5.41, 5.74) is 2.51. The van der Waals surface area contributed by atoms with Gasteiger partial charge in [-0.3, -0.25) is 4.79 Å². The van der Waals surface area contributed by atoms with Crippen LogP contribution in [0.3, 0.4) is 0 Å². The third-order valence-electron chi connectivity index (χ3n) is 5.62. The van der Waals surface area contributed by atoms with Crippen molar-refractivity contribution in [2.24, 2.45) is 0 Å². The number of aryl methyl sites for hydroxylation is 1.